The third kappa shape index (κ3) is 5.41. The summed E-state index contributed by atoms with van der Waals surface area (Å²) in [5.41, 5.74) is 3.97. The summed E-state index contributed by atoms with van der Waals surface area (Å²) in [6.07, 6.45) is 3.05. The molecule has 0 spiro atoms. The minimum absolute atomic E-state index is 0.195. The molecule has 0 aliphatic carbocycles. The van der Waals surface area contributed by atoms with E-state index in [1.165, 1.54) is 6.08 Å². The zero-order chi connectivity index (χ0) is 19.8. The minimum atomic E-state index is -0.195. The average Bonchev–Trinajstić information content (AvgIpc) is 2.73. The molecular formula is C22H23N5O. The first-order valence-corrected chi connectivity index (χ1v) is 9.02. The van der Waals surface area contributed by atoms with Gasteiger partial charge >= 0.3 is 0 Å². The zero-order valence-electron chi connectivity index (χ0n) is 15.8. The lowest BCUT2D eigenvalue weighted by atomic mass is 10.2. The monoisotopic (exact) mass is 373 g/mol. The van der Waals surface area contributed by atoms with Crippen LogP contribution in [-0.2, 0) is 17.9 Å². The molecule has 0 bridgehead atoms. The highest BCUT2D eigenvalue weighted by molar-refractivity contribution is 5.86. The second-order valence-corrected chi connectivity index (χ2v) is 6.31. The summed E-state index contributed by atoms with van der Waals surface area (Å²) < 4.78 is 0. The molecule has 1 heterocycles. The van der Waals surface area contributed by atoms with Gasteiger partial charge in [0.2, 0.25) is 11.9 Å². The molecule has 6 nitrogen and oxygen atoms in total. The van der Waals surface area contributed by atoms with E-state index in [4.69, 9.17) is 0 Å². The minimum Gasteiger partial charge on any atom is -0.350 e. The van der Waals surface area contributed by atoms with Crippen LogP contribution in [0.1, 0.15) is 16.7 Å². The van der Waals surface area contributed by atoms with E-state index in [0.29, 0.717) is 19.0 Å². The standard InChI is InChI=1S/C22H23N5O/c1-3-20(28)23-15-18-10-7-11-19(12-18)26-21-16(2)13-24-22(27-21)25-14-17-8-5-4-6-9-17/h3-13H,1,14-15H2,2H3,(H,23,28)(H2,24,25,26,27). The molecule has 0 radical (unpaired) electrons. The van der Waals surface area contributed by atoms with Gasteiger partial charge in [0.15, 0.2) is 0 Å². The fourth-order valence-corrected chi connectivity index (χ4v) is 2.59. The predicted octanol–water partition coefficient (Wildman–Crippen LogP) is 3.94. The maximum absolute atomic E-state index is 11.3. The summed E-state index contributed by atoms with van der Waals surface area (Å²) in [7, 11) is 0. The lowest BCUT2D eigenvalue weighted by Crippen LogP contribution is -2.19. The largest absolute Gasteiger partial charge is 0.350 e. The van der Waals surface area contributed by atoms with E-state index in [1.807, 2.05) is 49.4 Å². The fourth-order valence-electron chi connectivity index (χ4n) is 2.59. The van der Waals surface area contributed by atoms with Gasteiger partial charge in [-0.1, -0.05) is 49.0 Å². The van der Waals surface area contributed by atoms with E-state index in [0.717, 1.165) is 28.2 Å². The molecule has 0 fully saturated rings. The van der Waals surface area contributed by atoms with Crippen LogP contribution in [0.3, 0.4) is 0 Å². The smallest absolute Gasteiger partial charge is 0.243 e. The Bertz CT molecular complexity index is 956. The summed E-state index contributed by atoms with van der Waals surface area (Å²) in [5, 5.41) is 9.35. The second-order valence-electron chi connectivity index (χ2n) is 6.31. The van der Waals surface area contributed by atoms with Gasteiger partial charge in [0.1, 0.15) is 5.82 Å². The third-order valence-corrected chi connectivity index (χ3v) is 4.11. The molecule has 142 valence electrons. The van der Waals surface area contributed by atoms with Crippen molar-refractivity contribution in [3.8, 4) is 0 Å². The van der Waals surface area contributed by atoms with Crippen LogP contribution in [0.25, 0.3) is 0 Å². The highest BCUT2D eigenvalue weighted by Gasteiger charge is 2.06. The first-order valence-electron chi connectivity index (χ1n) is 9.02. The van der Waals surface area contributed by atoms with Gasteiger partial charge in [-0.15, -0.1) is 0 Å². The van der Waals surface area contributed by atoms with Crippen LogP contribution in [0.15, 0.2) is 73.4 Å². The van der Waals surface area contributed by atoms with E-state index in [9.17, 15) is 4.79 Å². The molecule has 3 N–H and O–H groups in total. The highest BCUT2D eigenvalue weighted by atomic mass is 16.1. The average molecular weight is 373 g/mol. The molecule has 3 aromatic rings. The number of hydrogen-bond acceptors (Lipinski definition) is 5. The Balaban J connectivity index is 1.68. The maximum atomic E-state index is 11.3. The van der Waals surface area contributed by atoms with Gasteiger partial charge < -0.3 is 16.0 Å². The van der Waals surface area contributed by atoms with Crippen LogP contribution in [-0.4, -0.2) is 15.9 Å². The Morgan fingerprint density at radius 3 is 2.64 bits per heavy atom. The highest BCUT2D eigenvalue weighted by Crippen LogP contribution is 2.20. The number of hydrogen-bond donors (Lipinski definition) is 3. The van der Waals surface area contributed by atoms with Gasteiger partial charge in [0.05, 0.1) is 0 Å². The molecule has 1 aromatic heterocycles. The number of nitrogens with zero attached hydrogens (tertiary/aromatic N) is 2. The van der Waals surface area contributed by atoms with Crippen molar-refractivity contribution < 1.29 is 4.79 Å². The number of anilines is 3. The Morgan fingerprint density at radius 2 is 1.86 bits per heavy atom. The van der Waals surface area contributed by atoms with E-state index in [-0.39, 0.29) is 5.91 Å². The lowest BCUT2D eigenvalue weighted by molar-refractivity contribution is -0.116. The van der Waals surface area contributed by atoms with E-state index in [1.54, 1.807) is 6.20 Å². The van der Waals surface area contributed by atoms with E-state index < -0.39 is 0 Å². The molecule has 0 atom stereocenters. The molecule has 0 unspecified atom stereocenters. The normalized spacial score (nSPS) is 10.2. The van der Waals surface area contributed by atoms with Gasteiger partial charge in [-0.25, -0.2) is 4.98 Å². The summed E-state index contributed by atoms with van der Waals surface area (Å²) in [6.45, 7) is 6.50. The summed E-state index contributed by atoms with van der Waals surface area (Å²) in [4.78, 5) is 20.3. The molecule has 28 heavy (non-hydrogen) atoms. The van der Waals surface area contributed by atoms with E-state index in [2.05, 4.69) is 44.6 Å². The van der Waals surface area contributed by atoms with Crippen LogP contribution in [0.2, 0.25) is 0 Å². The van der Waals surface area contributed by atoms with Crippen LogP contribution < -0.4 is 16.0 Å². The Kier molecular flexibility index (Phi) is 6.36. The van der Waals surface area contributed by atoms with Crippen LogP contribution in [0.4, 0.5) is 17.5 Å². The van der Waals surface area contributed by atoms with Crippen molar-refractivity contribution in [1.29, 1.82) is 0 Å². The van der Waals surface area contributed by atoms with Crippen LogP contribution in [0.5, 0.6) is 0 Å². The van der Waals surface area contributed by atoms with Crippen LogP contribution in [0, 0.1) is 6.92 Å². The molecule has 0 aliphatic heterocycles. The van der Waals surface area contributed by atoms with E-state index >= 15 is 0 Å². The van der Waals surface area contributed by atoms with Crippen molar-refractivity contribution in [1.82, 2.24) is 15.3 Å². The van der Waals surface area contributed by atoms with Crippen molar-refractivity contribution in [2.45, 2.75) is 20.0 Å². The van der Waals surface area contributed by atoms with Crippen molar-refractivity contribution in [3.05, 3.63) is 90.1 Å². The first kappa shape index (κ1) is 19.1. The van der Waals surface area contributed by atoms with Gasteiger partial charge in [-0.3, -0.25) is 4.79 Å². The molecule has 1 amide bonds. The van der Waals surface area contributed by atoms with Gasteiger partial charge in [0.25, 0.3) is 0 Å². The number of aromatic nitrogens is 2. The maximum Gasteiger partial charge on any atom is 0.243 e. The Morgan fingerprint density at radius 1 is 1.07 bits per heavy atom. The molecule has 0 aliphatic rings. The van der Waals surface area contributed by atoms with Gasteiger partial charge in [-0.2, -0.15) is 4.98 Å². The zero-order valence-corrected chi connectivity index (χ0v) is 15.8. The third-order valence-electron chi connectivity index (χ3n) is 4.11. The SMILES string of the molecule is C=CC(=O)NCc1cccc(Nc2nc(NCc3ccccc3)ncc2C)c1. The quantitative estimate of drug-likeness (QED) is 0.521. The number of benzene rings is 2. The number of carbonyl (C=O) groups excluding carboxylic acids is 1. The topological polar surface area (TPSA) is 78.9 Å². The summed E-state index contributed by atoms with van der Waals surface area (Å²) in [5.74, 6) is 1.10. The predicted molar refractivity (Wildman–Crippen MR) is 112 cm³/mol. The molecule has 2 aromatic carbocycles. The number of rotatable bonds is 8. The van der Waals surface area contributed by atoms with Crippen molar-refractivity contribution in [2.75, 3.05) is 10.6 Å². The van der Waals surface area contributed by atoms with Gasteiger partial charge in [0, 0.05) is 30.5 Å². The molecular weight excluding hydrogens is 350 g/mol. The van der Waals surface area contributed by atoms with Crippen molar-refractivity contribution in [2.24, 2.45) is 0 Å². The molecule has 0 saturated carbocycles. The number of nitrogens with one attached hydrogen (secondary N) is 3. The Labute approximate surface area is 164 Å². The number of aryl methyl sites for hydroxylation is 1. The summed E-state index contributed by atoms with van der Waals surface area (Å²) in [6, 6.07) is 17.9. The van der Waals surface area contributed by atoms with Crippen molar-refractivity contribution >= 4 is 23.4 Å². The van der Waals surface area contributed by atoms with Crippen LogP contribution >= 0.6 is 0 Å². The van der Waals surface area contributed by atoms with Gasteiger partial charge in [-0.05, 0) is 36.3 Å². The molecule has 3 rings (SSSR count). The Hall–Kier alpha value is -3.67. The second kappa shape index (κ2) is 9.32. The van der Waals surface area contributed by atoms with Crippen molar-refractivity contribution in [3.63, 3.8) is 0 Å². The lowest BCUT2D eigenvalue weighted by Gasteiger charge is -2.12. The molecule has 0 saturated heterocycles. The fraction of sp³-hybridized carbons (Fsp3) is 0.136. The first-order chi connectivity index (χ1) is 13.6. The number of amides is 1. The molecule has 6 heteroatoms. The summed E-state index contributed by atoms with van der Waals surface area (Å²) >= 11 is 0. The number of carbonyl (C=O) groups is 1.